The van der Waals surface area contributed by atoms with E-state index >= 15 is 0 Å². The van der Waals surface area contributed by atoms with Gasteiger partial charge in [0.05, 0.1) is 0 Å². The molecule has 0 fully saturated rings. The summed E-state index contributed by atoms with van der Waals surface area (Å²) in [5.74, 6) is 0.539. The zero-order valence-electron chi connectivity index (χ0n) is 9.79. The average molecular weight is 205 g/mol. The van der Waals surface area contributed by atoms with Gasteiger partial charge in [-0.3, -0.25) is 4.79 Å². The molecule has 0 bridgehead atoms. The summed E-state index contributed by atoms with van der Waals surface area (Å²) >= 11 is 0. The summed E-state index contributed by atoms with van der Waals surface area (Å²) in [5.41, 5.74) is 1.65. The number of rotatable bonds is 5. The Morgan fingerprint density at radius 1 is 1.40 bits per heavy atom. The van der Waals surface area contributed by atoms with Crippen LogP contribution in [0.3, 0.4) is 0 Å². The molecule has 1 heterocycles. The Morgan fingerprint density at radius 3 is 2.67 bits per heavy atom. The predicted octanol–water partition coefficient (Wildman–Crippen LogP) is 3.58. The zero-order chi connectivity index (χ0) is 11.3. The first-order chi connectivity index (χ1) is 7.19. The van der Waals surface area contributed by atoms with Gasteiger partial charge in [0, 0.05) is 18.5 Å². The normalized spacial score (nSPS) is 12.5. The molecule has 1 atom stereocenters. The van der Waals surface area contributed by atoms with Crippen molar-refractivity contribution in [2.45, 2.75) is 46.0 Å². The minimum Gasteiger partial charge on any atom is -0.293 e. The van der Waals surface area contributed by atoms with E-state index in [1.165, 1.54) is 0 Å². The summed E-state index contributed by atoms with van der Waals surface area (Å²) in [5, 5.41) is 0. The average Bonchev–Trinajstić information content (AvgIpc) is 2.26. The molecular formula is C13H19NO. The van der Waals surface area contributed by atoms with Crippen LogP contribution in [0, 0.1) is 0 Å². The number of carbonyl (C=O) groups excluding carboxylic acids is 1. The second kappa shape index (κ2) is 5.64. The second-order valence-corrected chi connectivity index (χ2v) is 3.90. The third kappa shape index (κ3) is 3.15. The smallest absolute Gasteiger partial charge is 0.178 e. The highest BCUT2D eigenvalue weighted by Gasteiger charge is 2.11. The summed E-state index contributed by atoms with van der Waals surface area (Å²) in [6.07, 6.45) is 3.39. The molecule has 0 aliphatic heterocycles. The van der Waals surface area contributed by atoms with Crippen LogP contribution in [0.2, 0.25) is 0 Å². The van der Waals surface area contributed by atoms with Crippen molar-refractivity contribution in [2.75, 3.05) is 0 Å². The molecule has 0 radical (unpaired) electrons. The van der Waals surface area contributed by atoms with Crippen LogP contribution in [-0.4, -0.2) is 10.8 Å². The van der Waals surface area contributed by atoms with Gasteiger partial charge in [0.1, 0.15) is 5.69 Å². The molecule has 0 amide bonds. The number of pyridine rings is 1. The number of Topliss-reactive ketones (excluding diaryl/α,β-unsaturated/α-hetero) is 1. The van der Waals surface area contributed by atoms with Crippen molar-refractivity contribution in [1.29, 1.82) is 0 Å². The Bertz CT molecular complexity index is 333. The number of hydrogen-bond acceptors (Lipinski definition) is 2. The van der Waals surface area contributed by atoms with Gasteiger partial charge in [0.2, 0.25) is 0 Å². The lowest BCUT2D eigenvalue weighted by Crippen LogP contribution is -2.04. The maximum atomic E-state index is 11.2. The van der Waals surface area contributed by atoms with E-state index < -0.39 is 0 Å². The summed E-state index contributed by atoms with van der Waals surface area (Å²) in [6.45, 7) is 5.91. The monoisotopic (exact) mass is 205 g/mol. The number of aromatic nitrogens is 1. The standard InChI is InChI=1S/C13H19NO/c1-4-7-11(5-2)13-9-6-8-12(14-13)10(3)15/h6,8-9,11H,4-5,7H2,1-3H3. The third-order valence-corrected chi connectivity index (χ3v) is 2.68. The van der Waals surface area contributed by atoms with Crippen molar-refractivity contribution in [3.05, 3.63) is 29.6 Å². The van der Waals surface area contributed by atoms with Crippen molar-refractivity contribution in [1.82, 2.24) is 4.98 Å². The van der Waals surface area contributed by atoms with E-state index in [1.807, 2.05) is 12.1 Å². The number of nitrogens with zero attached hydrogens (tertiary/aromatic N) is 1. The van der Waals surface area contributed by atoms with Gasteiger partial charge in [-0.25, -0.2) is 4.98 Å². The van der Waals surface area contributed by atoms with Gasteiger partial charge < -0.3 is 0 Å². The first-order valence-electron chi connectivity index (χ1n) is 5.66. The molecule has 1 aromatic rings. The van der Waals surface area contributed by atoms with Crippen LogP contribution in [0.4, 0.5) is 0 Å². The van der Waals surface area contributed by atoms with Crippen molar-refractivity contribution >= 4 is 5.78 Å². The van der Waals surface area contributed by atoms with Gasteiger partial charge >= 0.3 is 0 Å². The van der Waals surface area contributed by atoms with Crippen LogP contribution in [0.15, 0.2) is 18.2 Å². The van der Waals surface area contributed by atoms with Gasteiger partial charge in [0.15, 0.2) is 5.78 Å². The lowest BCUT2D eigenvalue weighted by Gasteiger charge is -2.13. The fourth-order valence-electron chi connectivity index (χ4n) is 1.78. The molecule has 0 aromatic carbocycles. The Kier molecular flexibility index (Phi) is 4.47. The Hall–Kier alpha value is -1.18. The van der Waals surface area contributed by atoms with E-state index in [1.54, 1.807) is 13.0 Å². The fraction of sp³-hybridized carbons (Fsp3) is 0.538. The first-order valence-corrected chi connectivity index (χ1v) is 5.66. The quantitative estimate of drug-likeness (QED) is 0.688. The van der Waals surface area contributed by atoms with E-state index in [2.05, 4.69) is 18.8 Å². The molecule has 1 rings (SSSR count). The topological polar surface area (TPSA) is 30.0 Å². The maximum Gasteiger partial charge on any atom is 0.178 e. The Balaban J connectivity index is 2.92. The largest absolute Gasteiger partial charge is 0.293 e. The third-order valence-electron chi connectivity index (χ3n) is 2.68. The Labute approximate surface area is 91.7 Å². The molecule has 0 spiro atoms. The summed E-state index contributed by atoms with van der Waals surface area (Å²) in [4.78, 5) is 15.6. The van der Waals surface area contributed by atoms with Crippen LogP contribution < -0.4 is 0 Å². The molecule has 2 nitrogen and oxygen atoms in total. The minimum absolute atomic E-state index is 0.0446. The van der Waals surface area contributed by atoms with E-state index in [-0.39, 0.29) is 5.78 Å². The SMILES string of the molecule is CCCC(CC)c1cccc(C(C)=O)n1. The Morgan fingerprint density at radius 2 is 2.13 bits per heavy atom. The predicted molar refractivity (Wildman–Crippen MR) is 62.2 cm³/mol. The molecule has 15 heavy (non-hydrogen) atoms. The van der Waals surface area contributed by atoms with Crippen LogP contribution in [0.5, 0.6) is 0 Å². The highest BCUT2D eigenvalue weighted by atomic mass is 16.1. The van der Waals surface area contributed by atoms with Crippen molar-refractivity contribution in [3.63, 3.8) is 0 Å². The van der Waals surface area contributed by atoms with Gasteiger partial charge in [-0.2, -0.15) is 0 Å². The molecule has 0 saturated heterocycles. The summed E-state index contributed by atoms with van der Waals surface area (Å²) < 4.78 is 0. The highest BCUT2D eigenvalue weighted by Crippen LogP contribution is 2.22. The minimum atomic E-state index is 0.0446. The van der Waals surface area contributed by atoms with Gasteiger partial charge in [-0.1, -0.05) is 26.3 Å². The molecule has 2 heteroatoms. The molecule has 0 N–H and O–H groups in total. The molecule has 1 aromatic heterocycles. The molecule has 0 aliphatic carbocycles. The van der Waals surface area contributed by atoms with Crippen LogP contribution in [0.25, 0.3) is 0 Å². The van der Waals surface area contributed by atoms with Crippen LogP contribution in [0.1, 0.15) is 62.1 Å². The first kappa shape index (κ1) is 11.9. The summed E-state index contributed by atoms with van der Waals surface area (Å²) in [6, 6.07) is 5.73. The molecule has 0 saturated carbocycles. The number of hydrogen-bond donors (Lipinski definition) is 0. The molecule has 0 aliphatic rings. The van der Waals surface area contributed by atoms with Gasteiger partial charge in [0.25, 0.3) is 0 Å². The van der Waals surface area contributed by atoms with Crippen molar-refractivity contribution in [3.8, 4) is 0 Å². The number of carbonyl (C=O) groups is 1. The van der Waals surface area contributed by atoms with Gasteiger partial charge in [-0.15, -0.1) is 0 Å². The van der Waals surface area contributed by atoms with Gasteiger partial charge in [-0.05, 0) is 25.0 Å². The van der Waals surface area contributed by atoms with Crippen LogP contribution >= 0.6 is 0 Å². The lowest BCUT2D eigenvalue weighted by atomic mass is 9.96. The van der Waals surface area contributed by atoms with Crippen molar-refractivity contribution in [2.24, 2.45) is 0 Å². The zero-order valence-corrected chi connectivity index (χ0v) is 9.79. The van der Waals surface area contributed by atoms with E-state index in [9.17, 15) is 4.79 Å². The molecule has 1 unspecified atom stereocenters. The summed E-state index contributed by atoms with van der Waals surface area (Å²) in [7, 11) is 0. The van der Waals surface area contributed by atoms with Crippen LogP contribution in [-0.2, 0) is 0 Å². The van der Waals surface area contributed by atoms with E-state index in [4.69, 9.17) is 0 Å². The number of ketones is 1. The molecular weight excluding hydrogens is 186 g/mol. The lowest BCUT2D eigenvalue weighted by molar-refractivity contribution is 0.101. The highest BCUT2D eigenvalue weighted by molar-refractivity contribution is 5.92. The van der Waals surface area contributed by atoms with E-state index in [0.717, 1.165) is 25.0 Å². The van der Waals surface area contributed by atoms with Crippen molar-refractivity contribution < 1.29 is 4.79 Å². The molecule has 82 valence electrons. The maximum absolute atomic E-state index is 11.2. The van der Waals surface area contributed by atoms with E-state index in [0.29, 0.717) is 11.6 Å². The second-order valence-electron chi connectivity index (χ2n) is 3.90. The fourth-order valence-corrected chi connectivity index (χ4v) is 1.78.